The molecule has 35 heavy (non-hydrogen) atoms. The van der Waals surface area contributed by atoms with Gasteiger partial charge in [-0.2, -0.15) is 0 Å². The molecule has 5 heteroatoms. The normalized spacial score (nSPS) is 11.7. The summed E-state index contributed by atoms with van der Waals surface area (Å²) in [6, 6.07) is 24.8. The second-order valence-electron chi connectivity index (χ2n) is 9.45. The molecule has 2 amide bonds. The number of nitrogens with one attached hydrogen (secondary N) is 1. The molecule has 0 bridgehead atoms. The fraction of sp³-hybridized carbons (Fsp3) is 0.333. The Hall–Kier alpha value is -3.60. The summed E-state index contributed by atoms with van der Waals surface area (Å²) in [5, 5.41) is 3.04. The van der Waals surface area contributed by atoms with E-state index in [-0.39, 0.29) is 18.4 Å². The van der Waals surface area contributed by atoms with Crippen molar-refractivity contribution in [3.05, 3.63) is 101 Å². The summed E-state index contributed by atoms with van der Waals surface area (Å²) in [5.74, 6) is 0.552. The van der Waals surface area contributed by atoms with Gasteiger partial charge in [0.2, 0.25) is 5.91 Å². The van der Waals surface area contributed by atoms with Crippen LogP contribution in [0.25, 0.3) is 0 Å². The van der Waals surface area contributed by atoms with Gasteiger partial charge >= 0.3 is 0 Å². The van der Waals surface area contributed by atoms with Crippen LogP contribution in [0.5, 0.6) is 5.75 Å². The van der Waals surface area contributed by atoms with Crippen LogP contribution in [0, 0.1) is 19.8 Å². The smallest absolute Gasteiger partial charge is 0.261 e. The summed E-state index contributed by atoms with van der Waals surface area (Å²) in [4.78, 5) is 28.6. The molecule has 0 saturated carbocycles. The minimum absolute atomic E-state index is 0.141. The van der Waals surface area contributed by atoms with E-state index in [9.17, 15) is 9.59 Å². The van der Waals surface area contributed by atoms with Crippen LogP contribution in [-0.4, -0.2) is 35.9 Å². The number of benzene rings is 3. The third kappa shape index (κ3) is 8.29. The predicted molar refractivity (Wildman–Crippen MR) is 140 cm³/mol. The molecule has 3 rings (SSSR count). The van der Waals surface area contributed by atoms with Gasteiger partial charge in [0.25, 0.3) is 5.91 Å². The lowest BCUT2D eigenvalue weighted by Gasteiger charge is -2.31. The zero-order valence-corrected chi connectivity index (χ0v) is 21.2. The highest BCUT2D eigenvalue weighted by atomic mass is 16.5. The molecule has 0 aliphatic rings. The molecule has 3 aromatic rings. The first-order valence-corrected chi connectivity index (χ1v) is 12.2. The Kier molecular flexibility index (Phi) is 9.47. The number of aryl methyl sites for hydroxylation is 2. The van der Waals surface area contributed by atoms with Gasteiger partial charge in [0.15, 0.2) is 6.61 Å². The van der Waals surface area contributed by atoms with Crippen molar-refractivity contribution in [2.45, 2.75) is 46.7 Å². The standard InChI is InChI=1S/C30H36N2O3/c1-22(2)19-31-30(34)28(18-25-8-6-5-7-9-25)32(20-26-14-10-23(3)11-15-26)29(33)21-35-27-16-12-24(4)13-17-27/h5-17,22,28H,18-21H2,1-4H3,(H,31,34)/t28-/m1/s1. The number of carbonyl (C=O) groups excluding carboxylic acids is 2. The molecule has 0 radical (unpaired) electrons. The predicted octanol–water partition coefficient (Wildman–Crippen LogP) is 5.09. The van der Waals surface area contributed by atoms with Crippen molar-refractivity contribution in [3.63, 3.8) is 0 Å². The Bertz CT molecular complexity index is 1080. The van der Waals surface area contributed by atoms with Gasteiger partial charge in [0.1, 0.15) is 11.8 Å². The molecule has 0 aromatic heterocycles. The molecule has 0 heterocycles. The molecule has 0 spiro atoms. The van der Waals surface area contributed by atoms with E-state index in [2.05, 4.69) is 19.2 Å². The number of ether oxygens (including phenoxy) is 1. The molecular weight excluding hydrogens is 436 g/mol. The van der Waals surface area contributed by atoms with E-state index in [1.807, 2.05) is 92.7 Å². The molecule has 0 aliphatic carbocycles. The van der Waals surface area contributed by atoms with Crippen LogP contribution in [0.15, 0.2) is 78.9 Å². The molecular formula is C30H36N2O3. The first kappa shape index (κ1) is 26.0. The quantitative estimate of drug-likeness (QED) is 0.423. The van der Waals surface area contributed by atoms with Crippen LogP contribution in [0.4, 0.5) is 0 Å². The molecule has 184 valence electrons. The second kappa shape index (κ2) is 12.7. The Morgan fingerprint density at radius 3 is 2.03 bits per heavy atom. The number of carbonyl (C=O) groups is 2. The van der Waals surface area contributed by atoms with Crippen molar-refractivity contribution in [2.75, 3.05) is 13.2 Å². The Morgan fingerprint density at radius 1 is 0.829 bits per heavy atom. The van der Waals surface area contributed by atoms with Gasteiger partial charge in [-0.25, -0.2) is 0 Å². The van der Waals surface area contributed by atoms with Gasteiger partial charge in [-0.15, -0.1) is 0 Å². The lowest BCUT2D eigenvalue weighted by molar-refractivity contribution is -0.142. The number of hydrogen-bond acceptors (Lipinski definition) is 3. The maximum atomic E-state index is 13.5. The Balaban J connectivity index is 1.88. The maximum absolute atomic E-state index is 13.5. The zero-order chi connectivity index (χ0) is 25.2. The van der Waals surface area contributed by atoms with Gasteiger partial charge in [-0.3, -0.25) is 9.59 Å². The average Bonchev–Trinajstić information content (AvgIpc) is 2.86. The maximum Gasteiger partial charge on any atom is 0.261 e. The lowest BCUT2D eigenvalue weighted by Crippen LogP contribution is -2.52. The second-order valence-corrected chi connectivity index (χ2v) is 9.45. The molecule has 0 unspecified atom stereocenters. The van der Waals surface area contributed by atoms with Crippen LogP contribution in [-0.2, 0) is 22.6 Å². The van der Waals surface area contributed by atoms with Gasteiger partial charge in [-0.1, -0.05) is 91.7 Å². The van der Waals surface area contributed by atoms with Crippen molar-refractivity contribution < 1.29 is 14.3 Å². The lowest BCUT2D eigenvalue weighted by atomic mass is 10.0. The van der Waals surface area contributed by atoms with E-state index in [0.29, 0.717) is 31.2 Å². The fourth-order valence-corrected chi connectivity index (χ4v) is 3.73. The topological polar surface area (TPSA) is 58.6 Å². The summed E-state index contributed by atoms with van der Waals surface area (Å²) in [6.07, 6.45) is 0.424. The van der Waals surface area contributed by atoms with Crippen molar-refractivity contribution in [1.82, 2.24) is 10.2 Å². The summed E-state index contributed by atoms with van der Waals surface area (Å²) in [6.45, 7) is 8.87. The van der Waals surface area contributed by atoms with E-state index in [1.54, 1.807) is 4.90 Å². The highest BCUT2D eigenvalue weighted by Gasteiger charge is 2.30. The Labute approximate surface area is 209 Å². The third-order valence-electron chi connectivity index (χ3n) is 5.81. The highest BCUT2D eigenvalue weighted by Crippen LogP contribution is 2.17. The third-order valence-corrected chi connectivity index (χ3v) is 5.81. The van der Waals surface area contributed by atoms with E-state index < -0.39 is 6.04 Å². The Morgan fingerprint density at radius 2 is 1.43 bits per heavy atom. The van der Waals surface area contributed by atoms with Gasteiger partial charge in [0, 0.05) is 19.5 Å². The SMILES string of the molecule is Cc1ccc(CN(C(=O)COc2ccc(C)cc2)[C@H](Cc2ccccc2)C(=O)NCC(C)C)cc1. The van der Waals surface area contributed by atoms with Crippen molar-refractivity contribution in [2.24, 2.45) is 5.92 Å². The zero-order valence-electron chi connectivity index (χ0n) is 21.2. The minimum Gasteiger partial charge on any atom is -0.484 e. The summed E-state index contributed by atoms with van der Waals surface area (Å²) >= 11 is 0. The van der Waals surface area contributed by atoms with Crippen LogP contribution in [0.1, 0.15) is 36.1 Å². The largest absolute Gasteiger partial charge is 0.484 e. The fourth-order valence-electron chi connectivity index (χ4n) is 3.73. The van der Waals surface area contributed by atoms with Crippen molar-refractivity contribution in [3.8, 4) is 5.75 Å². The van der Waals surface area contributed by atoms with E-state index >= 15 is 0 Å². The van der Waals surface area contributed by atoms with Crippen LogP contribution in [0.2, 0.25) is 0 Å². The average molecular weight is 473 g/mol. The van der Waals surface area contributed by atoms with Gasteiger partial charge in [0.05, 0.1) is 0 Å². The highest BCUT2D eigenvalue weighted by molar-refractivity contribution is 5.88. The summed E-state index contributed by atoms with van der Waals surface area (Å²) in [7, 11) is 0. The first-order valence-electron chi connectivity index (χ1n) is 12.2. The monoisotopic (exact) mass is 472 g/mol. The molecule has 0 aliphatic heterocycles. The van der Waals surface area contributed by atoms with Crippen molar-refractivity contribution >= 4 is 11.8 Å². The van der Waals surface area contributed by atoms with Crippen LogP contribution < -0.4 is 10.1 Å². The number of hydrogen-bond donors (Lipinski definition) is 1. The van der Waals surface area contributed by atoms with Crippen LogP contribution in [0.3, 0.4) is 0 Å². The molecule has 1 N–H and O–H groups in total. The number of amides is 2. The summed E-state index contributed by atoms with van der Waals surface area (Å²) < 4.78 is 5.82. The molecule has 0 saturated heterocycles. The van der Waals surface area contributed by atoms with E-state index in [0.717, 1.165) is 22.3 Å². The van der Waals surface area contributed by atoms with Crippen LogP contribution >= 0.6 is 0 Å². The molecule has 5 nitrogen and oxygen atoms in total. The molecule has 3 aromatic carbocycles. The van der Waals surface area contributed by atoms with E-state index in [1.165, 1.54) is 0 Å². The van der Waals surface area contributed by atoms with E-state index in [4.69, 9.17) is 4.74 Å². The van der Waals surface area contributed by atoms with Gasteiger partial charge < -0.3 is 15.0 Å². The van der Waals surface area contributed by atoms with Crippen molar-refractivity contribution in [1.29, 1.82) is 0 Å². The number of nitrogens with zero attached hydrogens (tertiary/aromatic N) is 1. The first-order chi connectivity index (χ1) is 16.8. The molecule has 1 atom stereocenters. The minimum atomic E-state index is -0.661. The molecule has 0 fully saturated rings. The van der Waals surface area contributed by atoms with Gasteiger partial charge in [-0.05, 0) is 43.0 Å². The summed E-state index contributed by atoms with van der Waals surface area (Å²) in [5.41, 5.74) is 4.23. The number of rotatable bonds is 11.